The topological polar surface area (TPSA) is 95.9 Å². The summed E-state index contributed by atoms with van der Waals surface area (Å²) in [6.07, 6.45) is 0.876. The van der Waals surface area contributed by atoms with Crippen LogP contribution < -0.4 is 4.72 Å². The van der Waals surface area contributed by atoms with Crippen molar-refractivity contribution in [3.05, 3.63) is 0 Å². The van der Waals surface area contributed by atoms with Crippen molar-refractivity contribution in [1.82, 2.24) is 9.03 Å². The van der Waals surface area contributed by atoms with E-state index in [2.05, 4.69) is 4.72 Å². The summed E-state index contributed by atoms with van der Waals surface area (Å²) < 4.78 is 32.2. The first-order valence-electron chi connectivity index (χ1n) is 5.55. The maximum absolute atomic E-state index is 11.9. The van der Waals surface area contributed by atoms with Crippen LogP contribution in [0.3, 0.4) is 0 Å². The van der Waals surface area contributed by atoms with Crippen molar-refractivity contribution in [3.8, 4) is 0 Å². The predicted octanol–water partition coefficient (Wildman–Crippen LogP) is -0.594. The van der Waals surface area contributed by atoms with E-state index in [4.69, 9.17) is 9.84 Å². The molecule has 0 aromatic carbocycles. The van der Waals surface area contributed by atoms with Crippen molar-refractivity contribution in [2.24, 2.45) is 0 Å². The number of carboxylic acid groups (broad SMARTS) is 1. The van der Waals surface area contributed by atoms with Crippen molar-refractivity contribution >= 4 is 16.2 Å². The molecule has 0 aromatic heterocycles. The van der Waals surface area contributed by atoms with Crippen molar-refractivity contribution in [1.29, 1.82) is 0 Å². The minimum atomic E-state index is -3.73. The lowest BCUT2D eigenvalue weighted by molar-refractivity contribution is -0.139. The zero-order valence-electron chi connectivity index (χ0n) is 9.76. The van der Waals surface area contributed by atoms with E-state index in [9.17, 15) is 13.2 Å². The van der Waals surface area contributed by atoms with Gasteiger partial charge in [0.15, 0.2) is 0 Å². The molecule has 8 heteroatoms. The highest BCUT2D eigenvalue weighted by molar-refractivity contribution is 7.87. The summed E-state index contributed by atoms with van der Waals surface area (Å²) >= 11 is 0. The van der Waals surface area contributed by atoms with E-state index in [1.807, 2.05) is 0 Å². The molecule has 0 aromatic rings. The number of nitrogens with one attached hydrogen (secondary N) is 1. The Hall–Kier alpha value is -0.700. The molecule has 1 fully saturated rings. The third kappa shape index (κ3) is 4.23. The molecule has 100 valence electrons. The Bertz CT molecular complexity index is 350. The Balaban J connectivity index is 2.65. The van der Waals surface area contributed by atoms with Crippen LogP contribution in [0.15, 0.2) is 0 Å². The lowest BCUT2D eigenvalue weighted by Crippen LogP contribution is -2.51. The van der Waals surface area contributed by atoms with Gasteiger partial charge in [-0.05, 0) is 6.42 Å². The van der Waals surface area contributed by atoms with E-state index < -0.39 is 22.2 Å². The summed E-state index contributed by atoms with van der Waals surface area (Å²) in [5, 5.41) is 8.90. The standard InChI is InChI=1S/C9H18N2O5S/c1-2-3-8(9(12)13)10-17(14,15)11-4-6-16-7-5-11/h8,10H,2-7H2,1H3,(H,12,13)/t8-/m1/s1. The summed E-state index contributed by atoms with van der Waals surface area (Å²) in [4.78, 5) is 10.9. The van der Waals surface area contributed by atoms with E-state index in [0.29, 0.717) is 19.6 Å². The predicted molar refractivity (Wildman–Crippen MR) is 60.8 cm³/mol. The van der Waals surface area contributed by atoms with Crippen LogP contribution in [0.25, 0.3) is 0 Å². The van der Waals surface area contributed by atoms with Crippen molar-refractivity contribution in [3.63, 3.8) is 0 Å². The molecule has 7 nitrogen and oxygen atoms in total. The van der Waals surface area contributed by atoms with E-state index >= 15 is 0 Å². The number of morpholine rings is 1. The van der Waals surface area contributed by atoms with Gasteiger partial charge in [0.2, 0.25) is 0 Å². The number of ether oxygens (including phenoxy) is 1. The number of hydrogen-bond donors (Lipinski definition) is 2. The third-order valence-corrected chi connectivity index (χ3v) is 4.10. The Labute approximate surface area is 101 Å². The van der Waals surface area contributed by atoms with Crippen LogP contribution in [-0.4, -0.2) is 56.1 Å². The van der Waals surface area contributed by atoms with Crippen LogP contribution in [0.2, 0.25) is 0 Å². The number of aliphatic carboxylic acids is 1. The Morgan fingerprint density at radius 1 is 1.47 bits per heavy atom. The second kappa shape index (κ2) is 6.29. The molecule has 17 heavy (non-hydrogen) atoms. The van der Waals surface area contributed by atoms with E-state index in [1.54, 1.807) is 6.92 Å². The van der Waals surface area contributed by atoms with Gasteiger partial charge in [-0.15, -0.1) is 0 Å². The maximum Gasteiger partial charge on any atom is 0.321 e. The van der Waals surface area contributed by atoms with Gasteiger partial charge in [0.1, 0.15) is 6.04 Å². The first-order chi connectivity index (χ1) is 7.97. The molecule has 0 saturated carbocycles. The Kier molecular flexibility index (Phi) is 5.31. The molecule has 0 bridgehead atoms. The molecule has 1 heterocycles. The summed E-state index contributed by atoms with van der Waals surface area (Å²) in [6.45, 7) is 3.00. The average molecular weight is 266 g/mol. The van der Waals surface area contributed by atoms with Crippen molar-refractivity contribution < 1.29 is 23.1 Å². The average Bonchev–Trinajstić information content (AvgIpc) is 2.29. The van der Waals surface area contributed by atoms with Crippen molar-refractivity contribution in [2.75, 3.05) is 26.3 Å². The molecule has 1 aliphatic rings. The van der Waals surface area contributed by atoms with Crippen LogP contribution in [0.5, 0.6) is 0 Å². The summed E-state index contributed by atoms with van der Waals surface area (Å²) in [5.41, 5.74) is 0. The van der Waals surface area contributed by atoms with Crippen LogP contribution in [0.4, 0.5) is 0 Å². The number of nitrogens with zero attached hydrogens (tertiary/aromatic N) is 1. The van der Waals surface area contributed by atoms with E-state index in [0.717, 1.165) is 0 Å². The normalized spacial score (nSPS) is 20.1. The van der Waals surface area contributed by atoms with Gasteiger partial charge in [0.05, 0.1) is 13.2 Å². The first kappa shape index (κ1) is 14.4. The second-order valence-electron chi connectivity index (χ2n) is 3.81. The highest BCUT2D eigenvalue weighted by Gasteiger charge is 2.29. The van der Waals surface area contributed by atoms with Gasteiger partial charge in [-0.1, -0.05) is 13.3 Å². The quantitative estimate of drug-likeness (QED) is 0.669. The molecule has 2 N–H and O–H groups in total. The Morgan fingerprint density at radius 2 is 2.06 bits per heavy atom. The molecule has 1 rings (SSSR count). The second-order valence-corrected chi connectivity index (χ2v) is 5.52. The number of rotatable bonds is 6. The summed E-state index contributed by atoms with van der Waals surface area (Å²) in [5.74, 6) is -1.15. The van der Waals surface area contributed by atoms with Gasteiger partial charge in [0, 0.05) is 13.1 Å². The zero-order chi connectivity index (χ0) is 12.9. The lowest BCUT2D eigenvalue weighted by atomic mass is 10.2. The highest BCUT2D eigenvalue weighted by Crippen LogP contribution is 2.06. The Morgan fingerprint density at radius 3 is 2.53 bits per heavy atom. The van der Waals surface area contributed by atoms with Crippen molar-refractivity contribution in [2.45, 2.75) is 25.8 Å². The number of carboxylic acids is 1. The van der Waals surface area contributed by atoms with E-state index in [1.165, 1.54) is 4.31 Å². The molecular formula is C9H18N2O5S. The molecule has 0 radical (unpaired) electrons. The van der Waals surface area contributed by atoms with Gasteiger partial charge in [-0.2, -0.15) is 17.4 Å². The smallest absolute Gasteiger partial charge is 0.321 e. The number of hydrogen-bond acceptors (Lipinski definition) is 4. The minimum Gasteiger partial charge on any atom is -0.480 e. The first-order valence-corrected chi connectivity index (χ1v) is 6.99. The minimum absolute atomic E-state index is 0.258. The van der Waals surface area contributed by atoms with Crippen LogP contribution in [0, 0.1) is 0 Å². The largest absolute Gasteiger partial charge is 0.480 e. The van der Waals surface area contributed by atoms with Crippen LogP contribution >= 0.6 is 0 Å². The fourth-order valence-electron chi connectivity index (χ4n) is 1.56. The van der Waals surface area contributed by atoms with Gasteiger partial charge in [-0.3, -0.25) is 4.79 Å². The molecule has 1 atom stereocenters. The van der Waals surface area contributed by atoms with Gasteiger partial charge >= 0.3 is 5.97 Å². The summed E-state index contributed by atoms with van der Waals surface area (Å²) in [6, 6.07) is -1.06. The monoisotopic (exact) mass is 266 g/mol. The third-order valence-electron chi connectivity index (χ3n) is 2.48. The van der Waals surface area contributed by atoms with Gasteiger partial charge in [-0.25, -0.2) is 0 Å². The molecule has 0 aliphatic carbocycles. The SMILES string of the molecule is CCC[C@@H](NS(=O)(=O)N1CCOCC1)C(=O)O. The van der Waals surface area contributed by atoms with Crippen LogP contribution in [0.1, 0.15) is 19.8 Å². The highest BCUT2D eigenvalue weighted by atomic mass is 32.2. The maximum atomic E-state index is 11.9. The van der Waals surface area contributed by atoms with Gasteiger partial charge < -0.3 is 9.84 Å². The molecule has 0 amide bonds. The molecule has 1 saturated heterocycles. The summed E-state index contributed by atoms with van der Waals surface area (Å²) in [7, 11) is -3.73. The molecule has 0 spiro atoms. The van der Waals surface area contributed by atoms with Crippen LogP contribution in [-0.2, 0) is 19.7 Å². The molecular weight excluding hydrogens is 248 g/mol. The van der Waals surface area contributed by atoms with E-state index in [-0.39, 0.29) is 19.5 Å². The fraction of sp³-hybridized carbons (Fsp3) is 0.889. The fourth-order valence-corrected chi connectivity index (χ4v) is 2.92. The molecule has 0 unspecified atom stereocenters. The van der Waals surface area contributed by atoms with Gasteiger partial charge in [0.25, 0.3) is 10.2 Å². The zero-order valence-corrected chi connectivity index (χ0v) is 10.6. The molecule has 1 aliphatic heterocycles. The number of carbonyl (C=O) groups is 1. The lowest BCUT2D eigenvalue weighted by Gasteiger charge is -2.27.